The predicted molar refractivity (Wildman–Crippen MR) is 71.8 cm³/mol. The van der Waals surface area contributed by atoms with Gasteiger partial charge in [0.25, 0.3) is 0 Å². The molecule has 0 atom stereocenters. The average molecular weight is 248 g/mol. The summed E-state index contributed by atoms with van der Waals surface area (Å²) in [5.74, 6) is 0.370. The van der Waals surface area contributed by atoms with Crippen molar-refractivity contribution in [2.24, 2.45) is 0 Å². The second kappa shape index (κ2) is 4.32. The van der Waals surface area contributed by atoms with Crippen LogP contribution in [0.2, 0.25) is 0 Å². The number of aromatic nitrogens is 2. The van der Waals surface area contributed by atoms with Gasteiger partial charge in [-0.05, 0) is 39.7 Å². The first-order valence-electron chi connectivity index (χ1n) is 6.41. The maximum absolute atomic E-state index is 5.94. The zero-order chi connectivity index (χ0) is 13.6. The number of hydrogen-bond donors (Lipinski definition) is 0. The molecule has 4 nitrogen and oxygen atoms in total. The summed E-state index contributed by atoms with van der Waals surface area (Å²) >= 11 is 0. The molecule has 0 saturated carbocycles. The first-order chi connectivity index (χ1) is 8.23. The molecule has 1 aliphatic rings. The lowest BCUT2D eigenvalue weighted by Gasteiger charge is -2.32. The molecule has 0 spiro atoms. The molecule has 0 N–H and O–H groups in total. The largest absolute Gasteiger partial charge is 0.534 e. The minimum absolute atomic E-state index is 0.352. The van der Waals surface area contributed by atoms with Gasteiger partial charge in [0, 0.05) is 11.9 Å². The SMILES string of the molecule is CC(C)c1ccnc(B2OC(C)(C)C(C)(C)O2)n1. The Morgan fingerprint density at radius 3 is 2.17 bits per heavy atom. The number of rotatable bonds is 2. The molecule has 1 fully saturated rings. The average Bonchev–Trinajstić information content (AvgIpc) is 2.48. The van der Waals surface area contributed by atoms with Crippen LogP contribution in [0.3, 0.4) is 0 Å². The maximum Gasteiger partial charge on any atom is 0.534 e. The lowest BCUT2D eigenvalue weighted by Crippen LogP contribution is -2.41. The van der Waals surface area contributed by atoms with Gasteiger partial charge in [-0.1, -0.05) is 13.8 Å². The monoisotopic (exact) mass is 248 g/mol. The molecule has 0 amide bonds. The van der Waals surface area contributed by atoms with Gasteiger partial charge in [0.1, 0.15) is 0 Å². The molecule has 0 bridgehead atoms. The third-order valence-electron chi connectivity index (χ3n) is 3.75. The Balaban J connectivity index is 2.27. The van der Waals surface area contributed by atoms with Crippen molar-refractivity contribution in [2.45, 2.75) is 58.7 Å². The molecule has 2 rings (SSSR count). The fourth-order valence-electron chi connectivity index (χ4n) is 1.77. The Labute approximate surface area is 109 Å². The van der Waals surface area contributed by atoms with Crippen molar-refractivity contribution in [3.8, 4) is 0 Å². The van der Waals surface area contributed by atoms with Gasteiger partial charge in [-0.3, -0.25) is 0 Å². The summed E-state index contributed by atoms with van der Waals surface area (Å²) in [7, 11) is -0.478. The van der Waals surface area contributed by atoms with Gasteiger partial charge in [0.15, 0.2) is 5.72 Å². The zero-order valence-electron chi connectivity index (χ0n) is 12.0. The van der Waals surface area contributed by atoms with Crippen molar-refractivity contribution in [2.75, 3.05) is 0 Å². The summed E-state index contributed by atoms with van der Waals surface area (Å²) in [6, 6.07) is 1.93. The fourth-order valence-corrected chi connectivity index (χ4v) is 1.77. The van der Waals surface area contributed by atoms with Gasteiger partial charge in [-0.2, -0.15) is 0 Å². The molecule has 18 heavy (non-hydrogen) atoms. The standard InChI is InChI=1S/C13H21BN2O2/c1-9(2)10-7-8-15-11(16-10)14-17-12(3,4)13(5,6)18-14/h7-9H,1-6H3. The third kappa shape index (κ3) is 2.29. The molecule has 2 heterocycles. The van der Waals surface area contributed by atoms with Crippen LogP contribution in [0.15, 0.2) is 12.3 Å². The van der Waals surface area contributed by atoms with E-state index < -0.39 is 7.12 Å². The van der Waals surface area contributed by atoms with Crippen LogP contribution in [0.5, 0.6) is 0 Å². The van der Waals surface area contributed by atoms with Crippen molar-refractivity contribution >= 4 is 12.8 Å². The Hall–Kier alpha value is -0.935. The Kier molecular flexibility index (Phi) is 3.24. The van der Waals surface area contributed by atoms with Crippen LogP contribution in [-0.4, -0.2) is 28.3 Å². The molecular formula is C13H21BN2O2. The smallest absolute Gasteiger partial charge is 0.397 e. The summed E-state index contributed by atoms with van der Waals surface area (Å²) in [4.78, 5) is 8.80. The van der Waals surface area contributed by atoms with Crippen molar-refractivity contribution in [1.29, 1.82) is 0 Å². The van der Waals surface area contributed by atoms with E-state index in [1.807, 2.05) is 33.8 Å². The van der Waals surface area contributed by atoms with Crippen LogP contribution in [0.1, 0.15) is 53.2 Å². The summed E-state index contributed by atoms with van der Waals surface area (Å²) in [6.45, 7) is 12.3. The van der Waals surface area contributed by atoms with Crippen LogP contribution in [0.4, 0.5) is 0 Å². The van der Waals surface area contributed by atoms with Gasteiger partial charge in [0.05, 0.1) is 11.2 Å². The van der Waals surface area contributed by atoms with E-state index in [1.165, 1.54) is 0 Å². The van der Waals surface area contributed by atoms with Crippen LogP contribution in [-0.2, 0) is 9.31 Å². The molecule has 1 saturated heterocycles. The van der Waals surface area contributed by atoms with E-state index in [0.29, 0.717) is 11.6 Å². The van der Waals surface area contributed by atoms with E-state index in [9.17, 15) is 0 Å². The van der Waals surface area contributed by atoms with Crippen molar-refractivity contribution in [1.82, 2.24) is 9.97 Å². The van der Waals surface area contributed by atoms with Gasteiger partial charge < -0.3 is 9.31 Å². The summed E-state index contributed by atoms with van der Waals surface area (Å²) in [6.07, 6.45) is 1.77. The molecule has 1 aromatic rings. The summed E-state index contributed by atoms with van der Waals surface area (Å²) < 4.78 is 11.9. The Bertz CT molecular complexity index is 430. The molecule has 0 aliphatic carbocycles. The van der Waals surface area contributed by atoms with Crippen LogP contribution in [0, 0.1) is 0 Å². The van der Waals surface area contributed by atoms with Crippen molar-refractivity contribution in [3.63, 3.8) is 0 Å². The van der Waals surface area contributed by atoms with Gasteiger partial charge >= 0.3 is 7.12 Å². The van der Waals surface area contributed by atoms with Crippen molar-refractivity contribution < 1.29 is 9.31 Å². The quantitative estimate of drug-likeness (QED) is 0.750. The number of nitrogens with zero attached hydrogens (tertiary/aromatic N) is 2. The first kappa shape index (κ1) is 13.5. The Morgan fingerprint density at radius 2 is 1.67 bits per heavy atom. The minimum atomic E-state index is -0.478. The molecule has 1 aromatic heterocycles. The van der Waals surface area contributed by atoms with E-state index in [1.54, 1.807) is 6.20 Å². The van der Waals surface area contributed by atoms with E-state index in [-0.39, 0.29) is 11.2 Å². The van der Waals surface area contributed by atoms with E-state index in [4.69, 9.17) is 9.31 Å². The summed E-state index contributed by atoms with van der Waals surface area (Å²) in [5.41, 5.74) is 0.915. The molecule has 0 aromatic carbocycles. The summed E-state index contributed by atoms with van der Waals surface area (Å²) in [5, 5.41) is 0. The van der Waals surface area contributed by atoms with E-state index in [2.05, 4.69) is 23.8 Å². The predicted octanol–water partition coefficient (Wildman–Crippen LogP) is 1.90. The molecule has 5 heteroatoms. The zero-order valence-corrected chi connectivity index (χ0v) is 12.0. The fraction of sp³-hybridized carbons (Fsp3) is 0.692. The van der Waals surface area contributed by atoms with E-state index >= 15 is 0 Å². The number of hydrogen-bond acceptors (Lipinski definition) is 4. The highest BCUT2D eigenvalue weighted by Gasteiger charge is 2.53. The highest BCUT2D eigenvalue weighted by atomic mass is 16.7. The molecule has 1 aliphatic heterocycles. The maximum atomic E-state index is 5.94. The van der Waals surface area contributed by atoms with Crippen LogP contribution in [0.25, 0.3) is 0 Å². The Morgan fingerprint density at radius 1 is 1.11 bits per heavy atom. The molecule has 0 unspecified atom stereocenters. The first-order valence-corrected chi connectivity index (χ1v) is 6.41. The van der Waals surface area contributed by atoms with Crippen molar-refractivity contribution in [3.05, 3.63) is 18.0 Å². The van der Waals surface area contributed by atoms with Gasteiger partial charge in [-0.25, -0.2) is 9.97 Å². The second-order valence-electron chi connectivity index (χ2n) is 6.08. The third-order valence-corrected chi connectivity index (χ3v) is 3.75. The normalized spacial score (nSPS) is 21.6. The second-order valence-corrected chi connectivity index (χ2v) is 6.08. The highest BCUT2D eigenvalue weighted by molar-refractivity contribution is 6.60. The molecular weight excluding hydrogens is 227 g/mol. The lowest BCUT2D eigenvalue weighted by molar-refractivity contribution is 0.00578. The topological polar surface area (TPSA) is 44.2 Å². The lowest BCUT2D eigenvalue weighted by atomic mass is 9.88. The highest BCUT2D eigenvalue weighted by Crippen LogP contribution is 2.36. The van der Waals surface area contributed by atoms with Gasteiger partial charge in [0.2, 0.25) is 0 Å². The van der Waals surface area contributed by atoms with Gasteiger partial charge in [-0.15, -0.1) is 0 Å². The van der Waals surface area contributed by atoms with E-state index in [0.717, 1.165) is 5.69 Å². The molecule has 98 valence electrons. The van der Waals surface area contributed by atoms with Crippen LogP contribution >= 0.6 is 0 Å². The minimum Gasteiger partial charge on any atom is -0.397 e. The molecule has 0 radical (unpaired) electrons. The van der Waals surface area contributed by atoms with Crippen LogP contribution < -0.4 is 5.72 Å².